The summed E-state index contributed by atoms with van der Waals surface area (Å²) in [5, 5.41) is 0. The largest absolute Gasteiger partial charge is 0.466 e. The molecular weight excluding hydrogens is 272 g/mol. The summed E-state index contributed by atoms with van der Waals surface area (Å²) in [5.74, 6) is -1.88. The molecule has 1 atom stereocenters. The van der Waals surface area contributed by atoms with Crippen molar-refractivity contribution >= 4 is 6.09 Å². The molecule has 0 fully saturated rings. The van der Waals surface area contributed by atoms with E-state index in [1.807, 2.05) is 0 Å². The first kappa shape index (κ1) is 15.0. The van der Waals surface area contributed by atoms with Crippen LogP contribution in [-0.4, -0.2) is 23.9 Å². The number of halogens is 4. The molecular formula is C10H10F4N2O3. The van der Waals surface area contributed by atoms with Crippen molar-refractivity contribution in [1.82, 2.24) is 4.98 Å². The van der Waals surface area contributed by atoms with Crippen molar-refractivity contribution in [2.24, 2.45) is 5.73 Å². The van der Waals surface area contributed by atoms with Gasteiger partial charge in [-0.1, -0.05) is 0 Å². The molecule has 1 unspecified atom stereocenters. The molecule has 0 saturated heterocycles. The number of ether oxygens (including phenoxy) is 2. The average molecular weight is 282 g/mol. The minimum absolute atomic E-state index is 0.135. The summed E-state index contributed by atoms with van der Waals surface area (Å²) in [6, 6.07) is 0.853. The highest BCUT2D eigenvalue weighted by molar-refractivity contribution is 5.64. The number of aromatic nitrogens is 1. The second-order valence-electron chi connectivity index (χ2n) is 3.54. The van der Waals surface area contributed by atoms with Crippen LogP contribution in [-0.2, 0) is 4.74 Å². The summed E-state index contributed by atoms with van der Waals surface area (Å²) in [6.45, 7) is -0.249. The number of nitrogens with zero attached hydrogens (tertiary/aromatic N) is 1. The number of primary amides is 1. The fourth-order valence-corrected chi connectivity index (χ4v) is 1.16. The number of carbonyl (C=O) groups is 1. The van der Waals surface area contributed by atoms with Crippen LogP contribution in [0.2, 0.25) is 0 Å². The average Bonchev–Trinajstić information content (AvgIpc) is 2.25. The summed E-state index contributed by atoms with van der Waals surface area (Å²) in [5.41, 5.74) is 4.90. The minimum atomic E-state index is -4.59. The number of hydrogen-bond acceptors (Lipinski definition) is 4. The van der Waals surface area contributed by atoms with Gasteiger partial charge in [0.15, 0.2) is 12.4 Å². The summed E-state index contributed by atoms with van der Waals surface area (Å²) < 4.78 is 57.8. The third-order valence-electron chi connectivity index (χ3n) is 1.96. The number of alkyl halides is 3. The van der Waals surface area contributed by atoms with E-state index >= 15 is 0 Å². The molecule has 1 amide bonds. The molecule has 0 aromatic carbocycles. The lowest BCUT2D eigenvalue weighted by atomic mass is 10.2. The number of rotatable bonds is 4. The molecule has 106 valence electrons. The Kier molecular flexibility index (Phi) is 4.52. The Morgan fingerprint density at radius 2 is 2.16 bits per heavy atom. The van der Waals surface area contributed by atoms with Crippen molar-refractivity contribution in [1.29, 1.82) is 0 Å². The van der Waals surface area contributed by atoms with Gasteiger partial charge in [-0.25, -0.2) is 14.2 Å². The van der Waals surface area contributed by atoms with Gasteiger partial charge < -0.3 is 15.2 Å². The van der Waals surface area contributed by atoms with E-state index in [9.17, 15) is 22.4 Å². The molecule has 2 N–H and O–H groups in total. The maximum Gasteiger partial charge on any atom is 0.422 e. The molecule has 0 bridgehead atoms. The minimum Gasteiger partial charge on any atom is -0.466 e. The predicted octanol–water partition coefficient (Wildman–Crippen LogP) is 2.32. The van der Waals surface area contributed by atoms with Crippen molar-refractivity contribution in [3.63, 3.8) is 0 Å². The van der Waals surface area contributed by atoms with Gasteiger partial charge in [0.2, 0.25) is 0 Å². The first-order chi connectivity index (χ1) is 8.69. The second-order valence-corrected chi connectivity index (χ2v) is 3.54. The molecule has 0 radical (unpaired) electrons. The fourth-order valence-electron chi connectivity index (χ4n) is 1.16. The van der Waals surface area contributed by atoms with Crippen LogP contribution >= 0.6 is 0 Å². The third-order valence-corrected chi connectivity index (χ3v) is 1.96. The van der Waals surface area contributed by atoms with Crippen LogP contribution in [0.4, 0.5) is 22.4 Å². The topological polar surface area (TPSA) is 74.4 Å². The van der Waals surface area contributed by atoms with Crippen LogP contribution in [0, 0.1) is 5.82 Å². The van der Waals surface area contributed by atoms with Crippen molar-refractivity contribution in [3.8, 4) is 5.88 Å². The zero-order chi connectivity index (χ0) is 14.6. The van der Waals surface area contributed by atoms with E-state index in [0.717, 1.165) is 12.3 Å². The molecule has 1 rings (SSSR count). The summed E-state index contributed by atoms with van der Waals surface area (Å²) >= 11 is 0. The Labute approximate surface area is 105 Å². The van der Waals surface area contributed by atoms with Crippen LogP contribution in [0.3, 0.4) is 0 Å². The lowest BCUT2D eigenvalue weighted by Gasteiger charge is -2.13. The van der Waals surface area contributed by atoms with E-state index in [2.05, 4.69) is 14.5 Å². The van der Waals surface area contributed by atoms with E-state index in [-0.39, 0.29) is 5.56 Å². The molecule has 0 saturated carbocycles. The number of nitrogens with two attached hydrogens (primary N) is 1. The van der Waals surface area contributed by atoms with Crippen LogP contribution in [0.25, 0.3) is 0 Å². The Balaban J connectivity index is 2.77. The van der Waals surface area contributed by atoms with E-state index < -0.39 is 36.7 Å². The Morgan fingerprint density at radius 1 is 1.53 bits per heavy atom. The van der Waals surface area contributed by atoms with Crippen molar-refractivity contribution in [2.45, 2.75) is 19.2 Å². The quantitative estimate of drug-likeness (QED) is 0.860. The SMILES string of the molecule is CC(OC(N)=O)c1cnc(OCC(F)(F)F)c(F)c1. The van der Waals surface area contributed by atoms with E-state index in [1.54, 1.807) is 0 Å². The second kappa shape index (κ2) is 5.72. The Morgan fingerprint density at radius 3 is 2.63 bits per heavy atom. The number of carbonyl (C=O) groups excluding carboxylic acids is 1. The summed E-state index contributed by atoms with van der Waals surface area (Å²) in [6.07, 6.45) is -5.50. The molecule has 1 heterocycles. The lowest BCUT2D eigenvalue weighted by Crippen LogP contribution is -2.20. The van der Waals surface area contributed by atoms with E-state index in [1.165, 1.54) is 6.92 Å². The summed E-state index contributed by atoms with van der Waals surface area (Å²) in [7, 11) is 0. The monoisotopic (exact) mass is 282 g/mol. The van der Waals surface area contributed by atoms with E-state index in [0.29, 0.717) is 0 Å². The van der Waals surface area contributed by atoms with Gasteiger partial charge in [-0.3, -0.25) is 0 Å². The third kappa shape index (κ3) is 4.98. The van der Waals surface area contributed by atoms with E-state index in [4.69, 9.17) is 5.73 Å². The van der Waals surface area contributed by atoms with Crippen molar-refractivity contribution < 1.29 is 31.8 Å². The van der Waals surface area contributed by atoms with Gasteiger partial charge in [0, 0.05) is 11.8 Å². The van der Waals surface area contributed by atoms with Crippen molar-refractivity contribution in [3.05, 3.63) is 23.6 Å². The first-order valence-corrected chi connectivity index (χ1v) is 5.00. The number of hydrogen-bond donors (Lipinski definition) is 1. The van der Waals surface area contributed by atoms with Gasteiger partial charge in [0.1, 0.15) is 6.10 Å². The normalized spacial score (nSPS) is 12.9. The molecule has 0 aliphatic carbocycles. The van der Waals surface area contributed by atoms with Crippen LogP contribution in [0.1, 0.15) is 18.6 Å². The van der Waals surface area contributed by atoms with Gasteiger partial charge >= 0.3 is 12.3 Å². The maximum atomic E-state index is 13.4. The summed E-state index contributed by atoms with van der Waals surface area (Å²) in [4.78, 5) is 13.9. The Hall–Kier alpha value is -2.06. The van der Waals surface area contributed by atoms with Gasteiger partial charge in [-0.2, -0.15) is 13.2 Å². The van der Waals surface area contributed by atoms with Crippen molar-refractivity contribution in [2.75, 3.05) is 6.61 Å². The molecule has 0 aliphatic rings. The highest BCUT2D eigenvalue weighted by atomic mass is 19.4. The Bertz CT molecular complexity index is 465. The highest BCUT2D eigenvalue weighted by Gasteiger charge is 2.29. The van der Waals surface area contributed by atoms with Gasteiger partial charge in [0.25, 0.3) is 5.88 Å². The number of pyridine rings is 1. The molecule has 9 heteroatoms. The van der Waals surface area contributed by atoms with Gasteiger partial charge in [-0.15, -0.1) is 0 Å². The fraction of sp³-hybridized carbons (Fsp3) is 0.400. The molecule has 1 aromatic rings. The predicted molar refractivity (Wildman–Crippen MR) is 54.8 cm³/mol. The first-order valence-electron chi connectivity index (χ1n) is 5.00. The molecule has 0 aliphatic heterocycles. The highest BCUT2D eigenvalue weighted by Crippen LogP contribution is 2.23. The zero-order valence-corrected chi connectivity index (χ0v) is 9.70. The molecule has 5 nitrogen and oxygen atoms in total. The van der Waals surface area contributed by atoms with Crippen LogP contribution in [0.15, 0.2) is 12.3 Å². The van der Waals surface area contributed by atoms with Crippen LogP contribution < -0.4 is 10.5 Å². The molecule has 1 aromatic heterocycles. The van der Waals surface area contributed by atoms with Gasteiger partial charge in [0.05, 0.1) is 0 Å². The molecule has 19 heavy (non-hydrogen) atoms. The van der Waals surface area contributed by atoms with Crippen LogP contribution in [0.5, 0.6) is 5.88 Å². The zero-order valence-electron chi connectivity index (χ0n) is 9.70. The van der Waals surface area contributed by atoms with Gasteiger partial charge in [-0.05, 0) is 13.0 Å². The molecule has 0 spiro atoms. The lowest BCUT2D eigenvalue weighted by molar-refractivity contribution is -0.154. The standard InChI is InChI=1S/C10H10F4N2O3/c1-5(19-9(15)17)6-2-7(11)8(16-3-6)18-4-10(12,13)14/h2-3,5H,4H2,1H3,(H2,15,17). The maximum absolute atomic E-state index is 13.4. The number of amides is 1. The smallest absolute Gasteiger partial charge is 0.422 e.